The van der Waals surface area contributed by atoms with Gasteiger partial charge in [0.2, 0.25) is 0 Å². The number of aromatic amines is 1. The largest absolute Gasteiger partial charge is 0.412 e. The van der Waals surface area contributed by atoms with Crippen LogP contribution in [0.25, 0.3) is 43.7 Å². The molecule has 0 saturated carbocycles. The fourth-order valence-corrected chi connectivity index (χ4v) is 3.69. The van der Waals surface area contributed by atoms with Gasteiger partial charge in [-0.05, 0) is 48.1 Å². The maximum atomic E-state index is 12.9. The van der Waals surface area contributed by atoms with Crippen molar-refractivity contribution in [2.24, 2.45) is 0 Å². The van der Waals surface area contributed by atoms with E-state index in [-0.39, 0.29) is 10.9 Å². The molecule has 0 fully saturated rings. The Bertz CT molecular complexity index is 1360. The Morgan fingerprint density at radius 1 is 1.07 bits per heavy atom. The Labute approximate surface area is 171 Å². The number of nitrogen functional groups attached to an aromatic ring is 1. The Hall–Kier alpha value is -3.13. The zero-order valence-corrected chi connectivity index (χ0v) is 16.8. The number of nitrogens with two attached hydrogens (primary N) is 1. The molecule has 0 aliphatic heterocycles. The number of aryl methyl sites for hydroxylation is 1. The first-order chi connectivity index (χ1) is 13.5. The number of fused-ring (bicyclic) bond motifs is 2. The Morgan fingerprint density at radius 2 is 1.83 bits per heavy atom. The molecule has 0 radical (unpaired) electrons. The second kappa shape index (κ2) is 8.08. The van der Waals surface area contributed by atoms with Crippen LogP contribution in [0.2, 0.25) is 0 Å². The van der Waals surface area contributed by atoms with Crippen LogP contribution < -0.4 is 11.2 Å². The van der Waals surface area contributed by atoms with Crippen LogP contribution in [0.3, 0.4) is 0 Å². The van der Waals surface area contributed by atoms with E-state index in [1.54, 1.807) is 12.5 Å². The van der Waals surface area contributed by atoms with E-state index >= 15 is 0 Å². The lowest BCUT2D eigenvalue weighted by Crippen LogP contribution is -2.02. The van der Waals surface area contributed by atoms with Crippen molar-refractivity contribution in [2.45, 2.75) is 6.92 Å². The highest BCUT2D eigenvalue weighted by Crippen LogP contribution is 2.37. The topological polar surface area (TPSA) is 123 Å². The van der Waals surface area contributed by atoms with E-state index < -0.39 is 0 Å². The summed E-state index contributed by atoms with van der Waals surface area (Å²) >= 11 is 0.750. The number of aromatic nitrogens is 2. The molecule has 6 nitrogen and oxygen atoms in total. The lowest BCUT2D eigenvalue weighted by Gasteiger charge is -2.11. The smallest absolute Gasteiger partial charge is 0.195 e. The molecular weight excluding hydrogens is 386 g/mol. The number of nitrogens with one attached hydrogen (secondary N) is 1. The molecule has 3 aromatic carbocycles. The van der Waals surface area contributed by atoms with E-state index in [2.05, 4.69) is 9.97 Å². The SMILES string of the molecule is CSO.Cc1ccc2c(c1)c(=O)c1cnc3[nH]cc(-c4cccc(N)c4)c2c31.O. The second-order valence-corrected chi connectivity index (χ2v) is 7.02. The predicted molar refractivity (Wildman–Crippen MR) is 123 cm³/mol. The Kier molecular flexibility index (Phi) is 5.74. The summed E-state index contributed by atoms with van der Waals surface area (Å²) in [4.78, 5) is 20.6. The first kappa shape index (κ1) is 20.6. The highest BCUT2D eigenvalue weighted by Gasteiger charge is 2.17. The third-order valence-electron chi connectivity index (χ3n) is 4.83. The summed E-state index contributed by atoms with van der Waals surface area (Å²) in [6.07, 6.45) is 5.21. The lowest BCUT2D eigenvalue weighted by atomic mass is 9.93. The van der Waals surface area contributed by atoms with Crippen molar-refractivity contribution in [1.82, 2.24) is 9.97 Å². The summed E-state index contributed by atoms with van der Waals surface area (Å²) in [7, 11) is 0. The van der Waals surface area contributed by atoms with Crippen LogP contribution in [0, 0.1) is 6.92 Å². The molecule has 2 aromatic heterocycles. The lowest BCUT2D eigenvalue weighted by molar-refractivity contribution is 0.669. The van der Waals surface area contributed by atoms with Crippen molar-refractivity contribution < 1.29 is 10.0 Å². The van der Waals surface area contributed by atoms with Crippen molar-refractivity contribution >= 4 is 50.3 Å². The third-order valence-corrected chi connectivity index (χ3v) is 4.83. The van der Waals surface area contributed by atoms with Crippen molar-refractivity contribution in [3.05, 3.63) is 70.6 Å². The molecule has 0 spiro atoms. The summed E-state index contributed by atoms with van der Waals surface area (Å²) in [5.74, 6) is 0. The predicted octanol–water partition coefficient (Wildman–Crippen LogP) is 4.22. The number of pyridine rings is 1. The minimum Gasteiger partial charge on any atom is -0.412 e. The van der Waals surface area contributed by atoms with Gasteiger partial charge in [-0.2, -0.15) is 0 Å². The zero-order valence-electron chi connectivity index (χ0n) is 16.0. The fourth-order valence-electron chi connectivity index (χ4n) is 3.69. The summed E-state index contributed by atoms with van der Waals surface area (Å²) in [6.45, 7) is 2.00. The molecule has 0 amide bonds. The van der Waals surface area contributed by atoms with Crippen molar-refractivity contribution in [3.8, 4) is 11.1 Å². The monoisotopic (exact) mass is 407 g/mol. The van der Waals surface area contributed by atoms with Crippen molar-refractivity contribution in [1.29, 1.82) is 0 Å². The molecule has 0 saturated heterocycles. The summed E-state index contributed by atoms with van der Waals surface area (Å²) in [6, 6.07) is 13.8. The van der Waals surface area contributed by atoms with Crippen LogP contribution in [0.1, 0.15) is 5.56 Å². The molecule has 2 heterocycles. The molecule has 29 heavy (non-hydrogen) atoms. The molecule has 0 aliphatic rings. The Balaban J connectivity index is 0.000000568. The highest BCUT2D eigenvalue weighted by atomic mass is 32.2. The fraction of sp³-hybridized carbons (Fsp3) is 0.0909. The first-order valence-electron chi connectivity index (χ1n) is 8.74. The van der Waals surface area contributed by atoms with Crippen LogP contribution in [0.4, 0.5) is 5.69 Å². The minimum atomic E-state index is 0. The van der Waals surface area contributed by atoms with Crippen LogP contribution >= 0.6 is 12.0 Å². The van der Waals surface area contributed by atoms with Gasteiger partial charge < -0.3 is 20.7 Å². The Morgan fingerprint density at radius 3 is 2.55 bits per heavy atom. The molecular formula is C22H21N3O3S. The van der Waals surface area contributed by atoms with Crippen LogP contribution in [-0.2, 0) is 0 Å². The van der Waals surface area contributed by atoms with E-state index in [0.717, 1.165) is 55.9 Å². The van der Waals surface area contributed by atoms with E-state index in [0.29, 0.717) is 11.1 Å². The maximum absolute atomic E-state index is 12.9. The number of rotatable bonds is 1. The average Bonchev–Trinajstić information content (AvgIpc) is 3.11. The van der Waals surface area contributed by atoms with E-state index in [9.17, 15) is 4.79 Å². The standard InChI is InChI=1S/C21H15N3O.CH4OS.H2O/c1-11-5-6-14-15(7-11)20(25)17-10-24-21-19(17)18(14)16(9-23-21)12-3-2-4-13(22)8-12;1-3-2;/h2-10H,22H2,1H3,(H,23,24);2H,1H3;1H2. The number of hydrogen-bond acceptors (Lipinski definition) is 5. The molecule has 0 aliphatic carbocycles. The molecule has 148 valence electrons. The number of hydrogen-bond donors (Lipinski definition) is 3. The second-order valence-electron chi connectivity index (χ2n) is 6.66. The number of nitrogens with zero attached hydrogens (tertiary/aromatic N) is 1. The van der Waals surface area contributed by atoms with Gasteiger partial charge in [-0.25, -0.2) is 4.98 Å². The molecule has 7 heteroatoms. The quantitative estimate of drug-likeness (QED) is 0.218. The van der Waals surface area contributed by atoms with Crippen LogP contribution in [0.15, 0.2) is 59.7 Å². The van der Waals surface area contributed by atoms with Crippen LogP contribution in [-0.4, -0.2) is 26.3 Å². The van der Waals surface area contributed by atoms with Gasteiger partial charge >= 0.3 is 0 Å². The molecule has 0 bridgehead atoms. The number of anilines is 1. The minimum absolute atomic E-state index is 0. The first-order valence-corrected chi connectivity index (χ1v) is 9.92. The van der Waals surface area contributed by atoms with Crippen LogP contribution in [0.5, 0.6) is 0 Å². The normalized spacial score (nSPS) is 10.7. The van der Waals surface area contributed by atoms with Gasteiger partial charge in [0.25, 0.3) is 0 Å². The molecule has 5 aromatic rings. The molecule has 6 N–H and O–H groups in total. The molecule has 0 unspecified atom stereocenters. The zero-order chi connectivity index (χ0) is 19.8. The molecule has 5 rings (SSSR count). The third kappa shape index (κ3) is 3.40. The van der Waals surface area contributed by atoms with Gasteiger partial charge in [-0.15, -0.1) is 0 Å². The van der Waals surface area contributed by atoms with Gasteiger partial charge in [0, 0.05) is 46.1 Å². The van der Waals surface area contributed by atoms with Crippen molar-refractivity contribution in [3.63, 3.8) is 0 Å². The maximum Gasteiger partial charge on any atom is 0.195 e. The number of benzene rings is 3. The van der Waals surface area contributed by atoms with Gasteiger partial charge in [0.05, 0.1) is 5.39 Å². The summed E-state index contributed by atoms with van der Waals surface area (Å²) in [5.41, 5.74) is 10.6. The average molecular weight is 407 g/mol. The van der Waals surface area contributed by atoms with Gasteiger partial charge in [0.15, 0.2) is 5.43 Å². The highest BCUT2D eigenvalue weighted by molar-refractivity contribution is 7.93. The van der Waals surface area contributed by atoms with Gasteiger partial charge in [0.1, 0.15) is 5.65 Å². The van der Waals surface area contributed by atoms with Gasteiger partial charge in [-0.3, -0.25) is 4.79 Å². The van der Waals surface area contributed by atoms with Gasteiger partial charge in [-0.1, -0.05) is 29.8 Å². The summed E-state index contributed by atoms with van der Waals surface area (Å²) in [5, 5.41) is 4.28. The van der Waals surface area contributed by atoms with E-state index in [1.807, 2.05) is 55.6 Å². The summed E-state index contributed by atoms with van der Waals surface area (Å²) < 4.78 is 7.49. The molecule has 0 atom stereocenters. The van der Waals surface area contributed by atoms with E-state index in [1.165, 1.54) is 0 Å². The van der Waals surface area contributed by atoms with Crippen molar-refractivity contribution in [2.75, 3.05) is 12.0 Å². The number of H-pyrrole nitrogens is 1. The van der Waals surface area contributed by atoms with E-state index in [4.69, 9.17) is 10.3 Å².